The van der Waals surface area contributed by atoms with Gasteiger partial charge in [-0.1, -0.05) is 68.4 Å². The first-order valence-corrected chi connectivity index (χ1v) is 7.99. The highest BCUT2D eigenvalue weighted by atomic mass is 14.9. The number of hydrogen-bond donors (Lipinski definition) is 1. The van der Waals surface area contributed by atoms with E-state index in [1.165, 1.54) is 16.7 Å². The van der Waals surface area contributed by atoms with Crippen LogP contribution in [0, 0.1) is 5.92 Å². The Hall–Kier alpha value is -1.60. The summed E-state index contributed by atoms with van der Waals surface area (Å²) in [5.74, 6) is 0.717. The third kappa shape index (κ3) is 5.02. The van der Waals surface area contributed by atoms with Gasteiger partial charge in [-0.3, -0.25) is 0 Å². The normalized spacial score (nSPS) is 12.6. The van der Waals surface area contributed by atoms with Gasteiger partial charge in [-0.2, -0.15) is 0 Å². The van der Waals surface area contributed by atoms with Gasteiger partial charge in [0.1, 0.15) is 0 Å². The molecule has 0 fully saturated rings. The van der Waals surface area contributed by atoms with Crippen LogP contribution in [0.2, 0.25) is 0 Å². The zero-order valence-electron chi connectivity index (χ0n) is 13.5. The lowest BCUT2D eigenvalue weighted by Crippen LogP contribution is -2.17. The van der Waals surface area contributed by atoms with Gasteiger partial charge in [0.05, 0.1) is 0 Å². The van der Waals surface area contributed by atoms with Crippen LogP contribution in [0.15, 0.2) is 54.6 Å². The maximum absolute atomic E-state index is 3.45. The van der Waals surface area contributed by atoms with Gasteiger partial charge in [-0.05, 0) is 48.9 Å². The second kappa shape index (κ2) is 7.99. The second-order valence-electron chi connectivity index (χ2n) is 6.21. The Labute approximate surface area is 129 Å². The van der Waals surface area contributed by atoms with E-state index in [1.807, 2.05) is 0 Å². The third-order valence-corrected chi connectivity index (χ3v) is 3.94. The summed E-state index contributed by atoms with van der Waals surface area (Å²) >= 11 is 0. The van der Waals surface area contributed by atoms with Crippen molar-refractivity contribution >= 4 is 0 Å². The zero-order chi connectivity index (χ0) is 15.1. The van der Waals surface area contributed by atoms with Crippen molar-refractivity contribution in [3.8, 4) is 0 Å². The fourth-order valence-corrected chi connectivity index (χ4v) is 2.79. The number of benzene rings is 2. The van der Waals surface area contributed by atoms with E-state index in [9.17, 15) is 0 Å². The summed E-state index contributed by atoms with van der Waals surface area (Å²) < 4.78 is 0. The fraction of sp³-hybridized carbons (Fsp3) is 0.400. The van der Waals surface area contributed by atoms with Gasteiger partial charge in [0.2, 0.25) is 0 Å². The molecule has 1 nitrogen and oxygen atoms in total. The van der Waals surface area contributed by atoms with Crippen molar-refractivity contribution in [1.82, 2.24) is 5.32 Å². The molecule has 0 bridgehead atoms. The molecule has 2 aromatic carbocycles. The largest absolute Gasteiger partial charge is 0.313 e. The smallest absolute Gasteiger partial charge is 0.0320 e. The average molecular weight is 281 g/mol. The average Bonchev–Trinajstić information content (AvgIpc) is 2.50. The molecule has 0 radical (unpaired) electrons. The highest BCUT2D eigenvalue weighted by Crippen LogP contribution is 2.20. The lowest BCUT2D eigenvalue weighted by atomic mass is 9.96. The minimum atomic E-state index is 0.429. The fourth-order valence-electron chi connectivity index (χ4n) is 2.79. The van der Waals surface area contributed by atoms with E-state index in [0.717, 1.165) is 19.3 Å². The molecule has 0 heterocycles. The summed E-state index contributed by atoms with van der Waals surface area (Å²) in [5.41, 5.74) is 4.24. The quantitative estimate of drug-likeness (QED) is 0.770. The molecule has 0 saturated heterocycles. The van der Waals surface area contributed by atoms with Gasteiger partial charge in [0.25, 0.3) is 0 Å². The van der Waals surface area contributed by atoms with Crippen LogP contribution < -0.4 is 5.32 Å². The topological polar surface area (TPSA) is 12.0 Å². The number of nitrogens with one attached hydrogen (secondary N) is 1. The molecule has 0 spiro atoms. The first-order chi connectivity index (χ1) is 10.2. The Morgan fingerprint density at radius 1 is 0.857 bits per heavy atom. The van der Waals surface area contributed by atoms with E-state index >= 15 is 0 Å². The maximum atomic E-state index is 3.45. The van der Waals surface area contributed by atoms with Gasteiger partial charge in [0, 0.05) is 6.04 Å². The maximum Gasteiger partial charge on any atom is 0.0320 e. The SMILES string of the molecule is CNC(CCc1ccccc1)c1ccc(CC(C)C)cc1. The van der Waals surface area contributed by atoms with E-state index in [2.05, 4.69) is 80.8 Å². The van der Waals surface area contributed by atoms with Crippen molar-refractivity contribution in [3.05, 3.63) is 71.3 Å². The summed E-state index contributed by atoms with van der Waals surface area (Å²) in [6.07, 6.45) is 3.40. The minimum Gasteiger partial charge on any atom is -0.313 e. The highest BCUT2D eigenvalue weighted by Gasteiger charge is 2.09. The Bertz CT molecular complexity index is 513. The van der Waals surface area contributed by atoms with E-state index in [-0.39, 0.29) is 0 Å². The van der Waals surface area contributed by atoms with Crippen LogP contribution in [-0.2, 0) is 12.8 Å². The molecule has 0 amide bonds. The highest BCUT2D eigenvalue weighted by molar-refractivity contribution is 5.26. The second-order valence-corrected chi connectivity index (χ2v) is 6.21. The van der Waals surface area contributed by atoms with E-state index in [1.54, 1.807) is 0 Å². The molecule has 0 aliphatic rings. The van der Waals surface area contributed by atoms with Gasteiger partial charge in [-0.25, -0.2) is 0 Å². The molecule has 2 rings (SSSR count). The van der Waals surface area contributed by atoms with Gasteiger partial charge < -0.3 is 5.32 Å². The van der Waals surface area contributed by atoms with Crippen LogP contribution in [0.1, 0.15) is 43.0 Å². The summed E-state index contributed by atoms with van der Waals surface area (Å²) in [4.78, 5) is 0. The standard InChI is InChI=1S/C20H27N/c1-16(2)15-18-9-12-19(13-10-18)20(21-3)14-11-17-7-5-4-6-8-17/h4-10,12-13,16,20-21H,11,14-15H2,1-3H3. The van der Waals surface area contributed by atoms with Crippen LogP contribution in [0.3, 0.4) is 0 Å². The Kier molecular flexibility index (Phi) is 6.01. The summed E-state index contributed by atoms with van der Waals surface area (Å²) in [7, 11) is 2.05. The van der Waals surface area contributed by atoms with Crippen molar-refractivity contribution in [2.24, 2.45) is 5.92 Å². The van der Waals surface area contributed by atoms with Crippen LogP contribution in [0.4, 0.5) is 0 Å². The Morgan fingerprint density at radius 2 is 1.52 bits per heavy atom. The monoisotopic (exact) mass is 281 g/mol. The van der Waals surface area contributed by atoms with Crippen molar-refractivity contribution in [2.45, 2.75) is 39.2 Å². The molecule has 1 heteroatoms. The molecule has 1 unspecified atom stereocenters. The van der Waals surface area contributed by atoms with Crippen molar-refractivity contribution in [3.63, 3.8) is 0 Å². The molecule has 0 aliphatic carbocycles. The first-order valence-electron chi connectivity index (χ1n) is 7.99. The molecule has 21 heavy (non-hydrogen) atoms. The lowest BCUT2D eigenvalue weighted by Gasteiger charge is -2.17. The Balaban J connectivity index is 1.97. The molecule has 0 aliphatic heterocycles. The predicted octanol–water partition coefficient (Wildman–Crippen LogP) is 4.78. The summed E-state index contributed by atoms with van der Waals surface area (Å²) in [6.45, 7) is 4.54. The van der Waals surface area contributed by atoms with E-state index in [0.29, 0.717) is 12.0 Å². The minimum absolute atomic E-state index is 0.429. The van der Waals surface area contributed by atoms with Crippen molar-refractivity contribution < 1.29 is 0 Å². The van der Waals surface area contributed by atoms with Crippen LogP contribution in [0.25, 0.3) is 0 Å². The van der Waals surface area contributed by atoms with Crippen LogP contribution in [0.5, 0.6) is 0 Å². The number of hydrogen-bond acceptors (Lipinski definition) is 1. The number of rotatable bonds is 7. The van der Waals surface area contributed by atoms with Gasteiger partial charge in [-0.15, -0.1) is 0 Å². The van der Waals surface area contributed by atoms with E-state index in [4.69, 9.17) is 0 Å². The molecule has 2 aromatic rings. The molecule has 1 atom stereocenters. The van der Waals surface area contributed by atoms with Crippen LogP contribution >= 0.6 is 0 Å². The van der Waals surface area contributed by atoms with Gasteiger partial charge in [0.15, 0.2) is 0 Å². The van der Waals surface area contributed by atoms with Crippen LogP contribution in [-0.4, -0.2) is 7.05 Å². The van der Waals surface area contributed by atoms with Crippen molar-refractivity contribution in [1.29, 1.82) is 0 Å². The van der Waals surface area contributed by atoms with Gasteiger partial charge >= 0.3 is 0 Å². The summed E-state index contributed by atoms with van der Waals surface area (Å²) in [5, 5.41) is 3.45. The molecule has 0 saturated carbocycles. The zero-order valence-corrected chi connectivity index (χ0v) is 13.5. The van der Waals surface area contributed by atoms with Crippen molar-refractivity contribution in [2.75, 3.05) is 7.05 Å². The first kappa shape index (κ1) is 15.8. The Morgan fingerprint density at radius 3 is 2.10 bits per heavy atom. The van der Waals surface area contributed by atoms with E-state index < -0.39 is 0 Å². The third-order valence-electron chi connectivity index (χ3n) is 3.94. The summed E-state index contributed by atoms with van der Waals surface area (Å²) in [6, 6.07) is 20.3. The molecular formula is C20H27N. The predicted molar refractivity (Wildman–Crippen MR) is 91.5 cm³/mol. The number of aryl methyl sites for hydroxylation is 1. The molecule has 112 valence electrons. The lowest BCUT2D eigenvalue weighted by molar-refractivity contribution is 0.549. The molecule has 1 N–H and O–H groups in total. The molecule has 0 aromatic heterocycles. The molecular weight excluding hydrogens is 254 g/mol.